The molecular weight excluding hydrogens is 242 g/mol. The molecule has 0 spiro atoms. The second-order valence-corrected chi connectivity index (χ2v) is 4.87. The van der Waals surface area contributed by atoms with E-state index in [1.54, 1.807) is 0 Å². The highest BCUT2D eigenvalue weighted by Gasteiger charge is 2.19. The number of hydrogen-bond acceptors (Lipinski definition) is 4. The van der Waals surface area contributed by atoms with Crippen LogP contribution in [0.2, 0.25) is 0 Å². The molecule has 0 bridgehead atoms. The van der Waals surface area contributed by atoms with Crippen LogP contribution in [0.4, 0.5) is 0 Å². The lowest BCUT2D eigenvalue weighted by atomic mass is 9.99. The average Bonchev–Trinajstić information content (AvgIpc) is 2.78. The Balaban J connectivity index is 1.50. The van der Waals surface area contributed by atoms with E-state index < -0.39 is 0 Å². The summed E-state index contributed by atoms with van der Waals surface area (Å²) in [6.07, 6.45) is 3.25. The third-order valence-corrected chi connectivity index (χ3v) is 3.40. The van der Waals surface area contributed by atoms with E-state index in [-0.39, 0.29) is 5.91 Å². The van der Waals surface area contributed by atoms with Crippen LogP contribution in [0, 0.1) is 5.92 Å². The molecule has 19 heavy (non-hydrogen) atoms. The Morgan fingerprint density at radius 2 is 2.32 bits per heavy atom. The van der Waals surface area contributed by atoms with Crippen LogP contribution in [0.25, 0.3) is 5.65 Å². The van der Waals surface area contributed by atoms with Crippen LogP contribution in [0.15, 0.2) is 24.4 Å². The Bertz CT molecular complexity index is 575. The first-order chi connectivity index (χ1) is 9.33. The highest BCUT2D eigenvalue weighted by Crippen LogP contribution is 2.07. The summed E-state index contributed by atoms with van der Waals surface area (Å²) in [6.45, 7) is 2.53. The van der Waals surface area contributed by atoms with Crippen molar-refractivity contribution >= 4 is 11.6 Å². The molecule has 0 atom stereocenters. The zero-order chi connectivity index (χ0) is 13.1. The van der Waals surface area contributed by atoms with Crippen LogP contribution in [-0.4, -0.2) is 40.1 Å². The van der Waals surface area contributed by atoms with E-state index >= 15 is 0 Å². The molecule has 2 N–H and O–H groups in total. The van der Waals surface area contributed by atoms with E-state index in [0.29, 0.717) is 25.3 Å². The number of fused-ring (bicyclic) bond motifs is 1. The lowest BCUT2D eigenvalue weighted by Gasteiger charge is -2.26. The molecule has 0 radical (unpaired) electrons. The first-order valence-electron chi connectivity index (χ1n) is 6.59. The topological polar surface area (TPSA) is 71.3 Å². The van der Waals surface area contributed by atoms with Gasteiger partial charge < -0.3 is 10.6 Å². The van der Waals surface area contributed by atoms with E-state index in [4.69, 9.17) is 0 Å². The van der Waals surface area contributed by atoms with Crippen molar-refractivity contribution < 1.29 is 4.79 Å². The van der Waals surface area contributed by atoms with Gasteiger partial charge in [0.15, 0.2) is 5.65 Å². The van der Waals surface area contributed by atoms with Crippen LogP contribution in [0.3, 0.4) is 0 Å². The number of aromatic nitrogens is 3. The molecule has 0 unspecified atom stereocenters. The van der Waals surface area contributed by atoms with Crippen molar-refractivity contribution in [3.05, 3.63) is 30.2 Å². The van der Waals surface area contributed by atoms with Gasteiger partial charge in [-0.15, -0.1) is 10.2 Å². The number of pyridine rings is 1. The van der Waals surface area contributed by atoms with Gasteiger partial charge in [0.25, 0.3) is 0 Å². The zero-order valence-electron chi connectivity index (χ0n) is 10.7. The van der Waals surface area contributed by atoms with E-state index in [1.807, 2.05) is 28.8 Å². The van der Waals surface area contributed by atoms with Crippen molar-refractivity contribution in [2.75, 3.05) is 19.6 Å². The summed E-state index contributed by atoms with van der Waals surface area (Å²) in [7, 11) is 0. The first-order valence-corrected chi connectivity index (χ1v) is 6.59. The molecular formula is C13H17N5O. The molecule has 2 aromatic heterocycles. The Morgan fingerprint density at radius 1 is 1.42 bits per heavy atom. The summed E-state index contributed by atoms with van der Waals surface area (Å²) in [4.78, 5) is 11.7. The molecule has 6 heteroatoms. The van der Waals surface area contributed by atoms with Crippen LogP contribution >= 0.6 is 0 Å². The van der Waals surface area contributed by atoms with Crippen molar-refractivity contribution in [1.29, 1.82) is 0 Å². The molecule has 2 aromatic rings. The summed E-state index contributed by atoms with van der Waals surface area (Å²) in [5.74, 6) is 1.51. The third kappa shape index (κ3) is 2.73. The van der Waals surface area contributed by atoms with Crippen LogP contribution in [-0.2, 0) is 11.2 Å². The van der Waals surface area contributed by atoms with Crippen LogP contribution in [0.1, 0.15) is 12.2 Å². The van der Waals surface area contributed by atoms with Crippen molar-refractivity contribution in [3.63, 3.8) is 0 Å². The lowest BCUT2D eigenvalue weighted by Crippen LogP contribution is -2.44. The van der Waals surface area contributed by atoms with Gasteiger partial charge >= 0.3 is 0 Å². The summed E-state index contributed by atoms with van der Waals surface area (Å²) in [6, 6.07) is 5.79. The fourth-order valence-corrected chi connectivity index (χ4v) is 2.20. The SMILES string of the molecule is O=C(CC1CNC1)NCCc1nnc2ccccn12. The molecule has 1 fully saturated rings. The Hall–Kier alpha value is -1.95. The first kappa shape index (κ1) is 12.1. The molecule has 0 aliphatic carbocycles. The smallest absolute Gasteiger partial charge is 0.220 e. The molecule has 6 nitrogen and oxygen atoms in total. The van der Waals surface area contributed by atoms with Gasteiger partial charge in [-0.25, -0.2) is 0 Å². The van der Waals surface area contributed by atoms with Gasteiger partial charge in [0.1, 0.15) is 5.82 Å². The van der Waals surface area contributed by atoms with Crippen LogP contribution < -0.4 is 10.6 Å². The maximum Gasteiger partial charge on any atom is 0.220 e. The maximum atomic E-state index is 11.7. The predicted octanol–water partition coefficient (Wildman–Crippen LogP) is -0.00250. The minimum absolute atomic E-state index is 0.125. The number of carbonyl (C=O) groups is 1. The Kier molecular flexibility index (Phi) is 3.41. The Labute approximate surface area is 111 Å². The second kappa shape index (κ2) is 5.36. The molecule has 1 amide bonds. The van der Waals surface area contributed by atoms with E-state index in [0.717, 1.165) is 24.6 Å². The maximum absolute atomic E-state index is 11.7. The highest BCUT2D eigenvalue weighted by molar-refractivity contribution is 5.76. The van der Waals surface area contributed by atoms with Crippen molar-refractivity contribution in [1.82, 2.24) is 25.2 Å². The van der Waals surface area contributed by atoms with Gasteiger partial charge in [-0.05, 0) is 31.1 Å². The lowest BCUT2D eigenvalue weighted by molar-refractivity contribution is -0.122. The normalized spacial score (nSPS) is 15.4. The van der Waals surface area contributed by atoms with Crippen molar-refractivity contribution in [2.45, 2.75) is 12.8 Å². The zero-order valence-corrected chi connectivity index (χ0v) is 10.7. The number of rotatable bonds is 5. The van der Waals surface area contributed by atoms with E-state index in [1.165, 1.54) is 0 Å². The largest absolute Gasteiger partial charge is 0.356 e. The molecule has 1 aliphatic heterocycles. The molecule has 3 rings (SSSR count). The molecule has 3 heterocycles. The second-order valence-electron chi connectivity index (χ2n) is 4.87. The van der Waals surface area contributed by atoms with E-state index in [2.05, 4.69) is 20.8 Å². The third-order valence-electron chi connectivity index (χ3n) is 3.40. The summed E-state index contributed by atoms with van der Waals surface area (Å²) in [5, 5.41) is 14.3. The number of hydrogen-bond donors (Lipinski definition) is 2. The summed E-state index contributed by atoms with van der Waals surface area (Å²) < 4.78 is 1.95. The van der Waals surface area contributed by atoms with E-state index in [9.17, 15) is 4.79 Å². The number of nitrogens with zero attached hydrogens (tertiary/aromatic N) is 3. The standard InChI is InChI=1S/C13H17N5O/c19-13(7-10-8-14-9-10)15-5-4-12-17-16-11-3-1-2-6-18(11)12/h1-3,6,10,14H,4-5,7-9H2,(H,15,19). The Morgan fingerprint density at radius 3 is 3.11 bits per heavy atom. The van der Waals surface area contributed by atoms with Crippen molar-refractivity contribution in [3.8, 4) is 0 Å². The molecule has 1 aliphatic rings. The van der Waals surface area contributed by atoms with Gasteiger partial charge in [-0.1, -0.05) is 6.07 Å². The quantitative estimate of drug-likeness (QED) is 0.792. The number of carbonyl (C=O) groups excluding carboxylic acids is 1. The minimum atomic E-state index is 0.125. The fourth-order valence-electron chi connectivity index (χ4n) is 2.20. The van der Waals surface area contributed by atoms with Gasteiger partial charge in [-0.3, -0.25) is 9.20 Å². The highest BCUT2D eigenvalue weighted by atomic mass is 16.1. The summed E-state index contributed by atoms with van der Waals surface area (Å²) in [5.41, 5.74) is 0.837. The van der Waals surface area contributed by atoms with Crippen LogP contribution in [0.5, 0.6) is 0 Å². The molecule has 0 aromatic carbocycles. The van der Waals surface area contributed by atoms with Gasteiger partial charge in [0, 0.05) is 25.6 Å². The van der Waals surface area contributed by atoms with Crippen molar-refractivity contribution in [2.24, 2.45) is 5.92 Å². The molecule has 0 saturated carbocycles. The number of nitrogens with one attached hydrogen (secondary N) is 2. The average molecular weight is 259 g/mol. The molecule has 1 saturated heterocycles. The fraction of sp³-hybridized carbons (Fsp3) is 0.462. The van der Waals surface area contributed by atoms with Gasteiger partial charge in [-0.2, -0.15) is 0 Å². The monoisotopic (exact) mass is 259 g/mol. The van der Waals surface area contributed by atoms with Gasteiger partial charge in [0.2, 0.25) is 5.91 Å². The van der Waals surface area contributed by atoms with Gasteiger partial charge in [0.05, 0.1) is 0 Å². The summed E-state index contributed by atoms with van der Waals surface area (Å²) >= 11 is 0. The molecule has 100 valence electrons. The predicted molar refractivity (Wildman–Crippen MR) is 70.7 cm³/mol. The number of amides is 1. The minimum Gasteiger partial charge on any atom is -0.356 e.